The summed E-state index contributed by atoms with van der Waals surface area (Å²) in [5.74, 6) is 0. The van der Waals surface area contributed by atoms with Crippen LogP contribution in [0.5, 0.6) is 0 Å². The number of nitrogens with one attached hydrogen (secondary N) is 2. The lowest BCUT2D eigenvalue weighted by Crippen LogP contribution is -2.32. The molecule has 2 N–H and O–H groups in total. The summed E-state index contributed by atoms with van der Waals surface area (Å²) in [6.07, 6.45) is 1.75. The first-order valence-electron chi connectivity index (χ1n) is 5.83. The first-order valence-corrected chi connectivity index (χ1v) is 6.71. The maximum Gasteiger partial charge on any atom is 0.0925 e. The van der Waals surface area contributed by atoms with Gasteiger partial charge in [-0.05, 0) is 18.4 Å². The van der Waals surface area contributed by atoms with Crippen LogP contribution in [0.3, 0.4) is 0 Å². The van der Waals surface area contributed by atoms with Crippen LogP contribution in [-0.2, 0) is 12.0 Å². The highest BCUT2D eigenvalue weighted by atomic mass is 32.1. The molecular weight excluding hydrogens is 230 g/mol. The summed E-state index contributed by atoms with van der Waals surface area (Å²) in [5, 5.41) is 5.62. The zero-order valence-electron chi connectivity index (χ0n) is 10.6. The predicted molar refractivity (Wildman–Crippen MR) is 72.4 cm³/mol. The van der Waals surface area contributed by atoms with Crippen molar-refractivity contribution in [2.24, 2.45) is 0 Å². The Balaban J connectivity index is 1.88. The minimum absolute atomic E-state index is 0.179. The lowest BCUT2D eigenvalue weighted by atomic mass is 9.91. The van der Waals surface area contributed by atoms with Crippen LogP contribution >= 0.6 is 11.3 Å². The van der Waals surface area contributed by atoms with Gasteiger partial charge in [0.1, 0.15) is 0 Å². The molecule has 2 aromatic heterocycles. The van der Waals surface area contributed by atoms with Crippen LogP contribution in [0, 0.1) is 6.92 Å². The van der Waals surface area contributed by atoms with Crippen molar-refractivity contribution in [1.82, 2.24) is 15.3 Å². The quantitative estimate of drug-likeness (QED) is 0.855. The van der Waals surface area contributed by atoms with Gasteiger partial charge in [0.05, 0.1) is 12.0 Å². The van der Waals surface area contributed by atoms with Gasteiger partial charge in [0.15, 0.2) is 0 Å². The number of imidazole rings is 1. The average Bonchev–Trinajstić information content (AvgIpc) is 2.90. The summed E-state index contributed by atoms with van der Waals surface area (Å²) in [7, 11) is 0. The Morgan fingerprint density at radius 1 is 1.47 bits per heavy atom. The molecule has 0 aliphatic rings. The molecule has 0 unspecified atom stereocenters. The van der Waals surface area contributed by atoms with Gasteiger partial charge >= 0.3 is 0 Å². The topological polar surface area (TPSA) is 40.7 Å². The van der Waals surface area contributed by atoms with E-state index in [9.17, 15) is 0 Å². The minimum Gasteiger partial charge on any atom is -0.348 e. The smallest absolute Gasteiger partial charge is 0.0925 e. The maximum atomic E-state index is 4.28. The van der Waals surface area contributed by atoms with Crippen LogP contribution < -0.4 is 5.32 Å². The summed E-state index contributed by atoms with van der Waals surface area (Å²) in [6.45, 7) is 8.37. The van der Waals surface area contributed by atoms with Gasteiger partial charge in [-0.2, -0.15) is 0 Å². The third kappa shape index (κ3) is 2.96. The number of aromatic nitrogens is 2. The molecule has 92 valence electrons. The molecule has 0 bridgehead atoms. The number of thiophene rings is 1. The third-order valence-electron chi connectivity index (χ3n) is 2.98. The molecule has 4 heteroatoms. The first-order chi connectivity index (χ1) is 8.09. The van der Waals surface area contributed by atoms with Crippen molar-refractivity contribution in [2.75, 3.05) is 6.54 Å². The fourth-order valence-corrected chi connectivity index (χ4v) is 2.66. The van der Waals surface area contributed by atoms with Gasteiger partial charge in [0.25, 0.3) is 0 Å². The summed E-state index contributed by atoms with van der Waals surface area (Å²) >= 11 is 1.82. The highest BCUT2D eigenvalue weighted by Gasteiger charge is 2.21. The number of H-pyrrole nitrogens is 1. The molecular formula is C13H19N3S. The Bertz CT molecular complexity index is 457. The molecule has 0 saturated carbocycles. The largest absolute Gasteiger partial charge is 0.348 e. The molecule has 0 radical (unpaired) electrons. The molecule has 17 heavy (non-hydrogen) atoms. The SMILES string of the molecule is Cc1[nH]cnc1CNCC(C)(C)c1cccs1. The third-order valence-corrected chi connectivity index (χ3v) is 4.22. The zero-order valence-corrected chi connectivity index (χ0v) is 11.4. The predicted octanol–water partition coefficient (Wildman–Crippen LogP) is 2.85. The summed E-state index contributed by atoms with van der Waals surface area (Å²) < 4.78 is 0. The minimum atomic E-state index is 0.179. The fourth-order valence-electron chi connectivity index (χ4n) is 1.81. The van der Waals surface area contributed by atoms with E-state index in [2.05, 4.69) is 53.6 Å². The second kappa shape index (κ2) is 5.02. The van der Waals surface area contributed by atoms with Gasteiger partial charge < -0.3 is 10.3 Å². The lowest BCUT2D eigenvalue weighted by molar-refractivity contribution is 0.474. The van der Waals surface area contributed by atoms with E-state index in [4.69, 9.17) is 0 Å². The second-order valence-electron chi connectivity index (χ2n) is 4.94. The fraction of sp³-hybridized carbons (Fsp3) is 0.462. The number of rotatable bonds is 5. The summed E-state index contributed by atoms with van der Waals surface area (Å²) in [6, 6.07) is 4.31. The average molecular weight is 249 g/mol. The van der Waals surface area contributed by atoms with Gasteiger partial charge in [-0.1, -0.05) is 19.9 Å². The van der Waals surface area contributed by atoms with Gasteiger partial charge in [-0.3, -0.25) is 0 Å². The van der Waals surface area contributed by atoms with E-state index in [1.807, 2.05) is 11.3 Å². The van der Waals surface area contributed by atoms with E-state index >= 15 is 0 Å². The molecule has 3 nitrogen and oxygen atoms in total. The highest BCUT2D eigenvalue weighted by molar-refractivity contribution is 7.10. The van der Waals surface area contributed by atoms with E-state index in [-0.39, 0.29) is 5.41 Å². The van der Waals surface area contributed by atoms with E-state index in [0.717, 1.165) is 24.5 Å². The van der Waals surface area contributed by atoms with Crippen LogP contribution in [0.2, 0.25) is 0 Å². The van der Waals surface area contributed by atoms with E-state index < -0.39 is 0 Å². The highest BCUT2D eigenvalue weighted by Crippen LogP contribution is 2.26. The van der Waals surface area contributed by atoms with Gasteiger partial charge in [-0.25, -0.2) is 4.98 Å². The second-order valence-corrected chi connectivity index (χ2v) is 5.89. The van der Waals surface area contributed by atoms with Crippen molar-refractivity contribution in [3.05, 3.63) is 40.1 Å². The van der Waals surface area contributed by atoms with Crippen molar-refractivity contribution in [2.45, 2.75) is 32.7 Å². The van der Waals surface area contributed by atoms with Crippen LogP contribution in [0.4, 0.5) is 0 Å². The molecule has 2 aromatic rings. The van der Waals surface area contributed by atoms with E-state index in [1.54, 1.807) is 6.33 Å². The Morgan fingerprint density at radius 2 is 2.29 bits per heavy atom. The molecule has 0 fully saturated rings. The van der Waals surface area contributed by atoms with Crippen molar-refractivity contribution in [3.8, 4) is 0 Å². The van der Waals surface area contributed by atoms with Gasteiger partial charge in [-0.15, -0.1) is 11.3 Å². The number of hydrogen-bond donors (Lipinski definition) is 2. The number of aromatic amines is 1. The Kier molecular flexibility index (Phi) is 3.64. The molecule has 0 saturated heterocycles. The molecule has 0 aliphatic heterocycles. The zero-order chi connectivity index (χ0) is 12.3. The van der Waals surface area contributed by atoms with Crippen molar-refractivity contribution in [3.63, 3.8) is 0 Å². The van der Waals surface area contributed by atoms with Crippen LogP contribution in [0.15, 0.2) is 23.8 Å². The van der Waals surface area contributed by atoms with Gasteiger partial charge in [0, 0.05) is 29.1 Å². The number of nitrogens with zero attached hydrogens (tertiary/aromatic N) is 1. The maximum absolute atomic E-state index is 4.28. The number of aryl methyl sites for hydroxylation is 1. The molecule has 0 aliphatic carbocycles. The Hall–Kier alpha value is -1.13. The molecule has 0 atom stereocenters. The molecule has 0 spiro atoms. The molecule has 2 heterocycles. The lowest BCUT2D eigenvalue weighted by Gasteiger charge is -2.23. The van der Waals surface area contributed by atoms with Crippen molar-refractivity contribution >= 4 is 11.3 Å². The van der Waals surface area contributed by atoms with Crippen molar-refractivity contribution in [1.29, 1.82) is 0 Å². The standard InChI is InChI=1S/C13H19N3S/c1-10-11(16-9-15-10)7-14-8-13(2,3)12-5-4-6-17-12/h4-6,9,14H,7-8H2,1-3H3,(H,15,16). The molecule has 0 aromatic carbocycles. The van der Waals surface area contributed by atoms with Gasteiger partial charge in [0.2, 0.25) is 0 Å². The van der Waals surface area contributed by atoms with Crippen LogP contribution in [0.25, 0.3) is 0 Å². The van der Waals surface area contributed by atoms with E-state index in [1.165, 1.54) is 4.88 Å². The molecule has 2 rings (SSSR count). The van der Waals surface area contributed by atoms with E-state index in [0.29, 0.717) is 0 Å². The Morgan fingerprint density at radius 3 is 2.88 bits per heavy atom. The summed E-state index contributed by atoms with van der Waals surface area (Å²) in [5.41, 5.74) is 2.43. The summed E-state index contributed by atoms with van der Waals surface area (Å²) in [4.78, 5) is 8.80. The Labute approximate surface area is 106 Å². The number of hydrogen-bond acceptors (Lipinski definition) is 3. The monoisotopic (exact) mass is 249 g/mol. The van der Waals surface area contributed by atoms with Crippen LogP contribution in [-0.4, -0.2) is 16.5 Å². The van der Waals surface area contributed by atoms with Crippen molar-refractivity contribution < 1.29 is 0 Å². The van der Waals surface area contributed by atoms with Crippen LogP contribution in [0.1, 0.15) is 30.1 Å². The normalized spacial score (nSPS) is 11.9. The first kappa shape index (κ1) is 12.3. The molecule has 0 amide bonds.